The van der Waals surface area contributed by atoms with E-state index in [-0.39, 0.29) is 5.78 Å². The van der Waals surface area contributed by atoms with Crippen molar-refractivity contribution in [3.8, 4) is 0 Å². The van der Waals surface area contributed by atoms with Crippen LogP contribution in [-0.2, 0) is 0 Å². The molecule has 0 saturated carbocycles. The number of hydrogen-bond acceptors (Lipinski definition) is 2. The first-order valence-corrected chi connectivity index (χ1v) is 3.95. The van der Waals surface area contributed by atoms with Gasteiger partial charge in [0.1, 0.15) is 5.69 Å². The van der Waals surface area contributed by atoms with Gasteiger partial charge in [-0.15, -0.1) is 0 Å². The number of aryl methyl sites for hydroxylation is 1. The molecule has 1 aromatic rings. The van der Waals surface area contributed by atoms with Gasteiger partial charge in [0.25, 0.3) is 0 Å². The van der Waals surface area contributed by atoms with Gasteiger partial charge in [0.15, 0.2) is 5.78 Å². The lowest BCUT2D eigenvalue weighted by Crippen LogP contribution is -2.07. The van der Waals surface area contributed by atoms with E-state index < -0.39 is 0 Å². The van der Waals surface area contributed by atoms with Crippen molar-refractivity contribution in [3.05, 3.63) is 35.2 Å². The van der Waals surface area contributed by atoms with Gasteiger partial charge in [-0.1, -0.05) is 18.2 Å². The summed E-state index contributed by atoms with van der Waals surface area (Å²) in [6.07, 6.45) is 4.31. The predicted octanol–water partition coefficient (Wildman–Crippen LogP) is 1.99. The highest BCUT2D eigenvalue weighted by atomic mass is 16.1. The highest BCUT2D eigenvalue weighted by molar-refractivity contribution is 6.00. The smallest absolute Gasteiger partial charge is 0.185 e. The van der Waals surface area contributed by atoms with Gasteiger partial charge >= 0.3 is 0 Å². The summed E-state index contributed by atoms with van der Waals surface area (Å²) >= 11 is 0. The molecule has 2 rings (SSSR count). The SMILES string of the molecule is Cc1ccc2c(n1)C(=O)CC=C2. The normalized spacial score (nSPS) is 14.6. The summed E-state index contributed by atoms with van der Waals surface area (Å²) in [6, 6.07) is 3.85. The van der Waals surface area contributed by atoms with E-state index >= 15 is 0 Å². The lowest BCUT2D eigenvalue weighted by Gasteiger charge is -2.07. The molecule has 0 aliphatic heterocycles. The molecule has 0 amide bonds. The molecule has 0 atom stereocenters. The number of rotatable bonds is 0. The molecule has 1 aromatic heterocycles. The Hall–Kier alpha value is -1.44. The van der Waals surface area contributed by atoms with Crippen molar-refractivity contribution in [2.45, 2.75) is 13.3 Å². The summed E-state index contributed by atoms with van der Waals surface area (Å²) in [5.41, 5.74) is 2.46. The number of allylic oxidation sites excluding steroid dienone is 1. The first-order chi connectivity index (χ1) is 5.77. The molecule has 2 nitrogen and oxygen atoms in total. The number of pyridine rings is 1. The van der Waals surface area contributed by atoms with Gasteiger partial charge in [-0.05, 0) is 13.0 Å². The second kappa shape index (κ2) is 2.55. The minimum Gasteiger partial charge on any atom is -0.292 e. The van der Waals surface area contributed by atoms with Crippen molar-refractivity contribution in [2.75, 3.05) is 0 Å². The number of ketones is 1. The summed E-state index contributed by atoms with van der Waals surface area (Å²) in [4.78, 5) is 15.5. The highest BCUT2D eigenvalue weighted by Gasteiger charge is 2.13. The largest absolute Gasteiger partial charge is 0.292 e. The molecule has 0 spiro atoms. The molecule has 0 radical (unpaired) electrons. The third kappa shape index (κ3) is 1.05. The molecule has 0 unspecified atom stereocenters. The predicted molar refractivity (Wildman–Crippen MR) is 47.0 cm³/mol. The van der Waals surface area contributed by atoms with Gasteiger partial charge < -0.3 is 0 Å². The van der Waals surface area contributed by atoms with Crippen molar-refractivity contribution in [3.63, 3.8) is 0 Å². The zero-order valence-electron chi connectivity index (χ0n) is 6.87. The second-order valence-electron chi connectivity index (χ2n) is 2.92. The zero-order valence-corrected chi connectivity index (χ0v) is 6.87. The standard InChI is InChI=1S/C10H9NO/c1-7-5-6-8-3-2-4-9(12)10(8)11-7/h2-3,5-6H,4H2,1H3. The van der Waals surface area contributed by atoms with Crippen molar-refractivity contribution in [2.24, 2.45) is 0 Å². The molecule has 0 aromatic carbocycles. The lowest BCUT2D eigenvalue weighted by atomic mass is 10.0. The Morgan fingerprint density at radius 2 is 2.25 bits per heavy atom. The van der Waals surface area contributed by atoms with Crippen molar-refractivity contribution in [1.82, 2.24) is 4.98 Å². The van der Waals surface area contributed by atoms with Crippen LogP contribution in [0.5, 0.6) is 0 Å². The van der Waals surface area contributed by atoms with Crippen LogP contribution in [0.1, 0.15) is 28.2 Å². The third-order valence-corrected chi connectivity index (χ3v) is 1.93. The van der Waals surface area contributed by atoms with Gasteiger partial charge in [0.05, 0.1) is 0 Å². The number of aromatic nitrogens is 1. The van der Waals surface area contributed by atoms with E-state index in [0.29, 0.717) is 12.1 Å². The highest BCUT2D eigenvalue weighted by Crippen LogP contribution is 2.16. The average molecular weight is 159 g/mol. The minimum atomic E-state index is 0.121. The molecule has 0 fully saturated rings. The average Bonchev–Trinajstić information content (AvgIpc) is 2.07. The monoisotopic (exact) mass is 159 g/mol. The fourth-order valence-electron chi connectivity index (χ4n) is 1.31. The van der Waals surface area contributed by atoms with Gasteiger partial charge in [0.2, 0.25) is 0 Å². The van der Waals surface area contributed by atoms with Crippen LogP contribution >= 0.6 is 0 Å². The fourth-order valence-corrected chi connectivity index (χ4v) is 1.31. The quantitative estimate of drug-likeness (QED) is 0.579. The molecule has 12 heavy (non-hydrogen) atoms. The Labute approximate surface area is 70.9 Å². The number of fused-ring (bicyclic) bond motifs is 1. The lowest BCUT2D eigenvalue weighted by molar-refractivity contribution is 0.0989. The maximum absolute atomic E-state index is 11.3. The summed E-state index contributed by atoms with van der Waals surface area (Å²) in [5.74, 6) is 0.121. The van der Waals surface area contributed by atoms with Crippen LogP contribution in [0.4, 0.5) is 0 Å². The van der Waals surface area contributed by atoms with Crippen molar-refractivity contribution < 1.29 is 4.79 Å². The van der Waals surface area contributed by atoms with E-state index in [4.69, 9.17) is 0 Å². The second-order valence-corrected chi connectivity index (χ2v) is 2.92. The molecule has 2 heteroatoms. The van der Waals surface area contributed by atoms with E-state index in [1.54, 1.807) is 0 Å². The first kappa shape index (κ1) is 7.22. The molecule has 0 bridgehead atoms. The summed E-state index contributed by atoms with van der Waals surface area (Å²) in [5, 5.41) is 0. The number of hydrogen-bond donors (Lipinski definition) is 0. The zero-order chi connectivity index (χ0) is 8.55. The van der Waals surface area contributed by atoms with E-state index in [2.05, 4.69) is 4.98 Å². The molecular formula is C10H9NO. The van der Waals surface area contributed by atoms with Crippen LogP contribution in [0.25, 0.3) is 6.08 Å². The maximum atomic E-state index is 11.3. The van der Waals surface area contributed by atoms with Crippen LogP contribution in [0.3, 0.4) is 0 Å². The van der Waals surface area contributed by atoms with Gasteiger partial charge in [0, 0.05) is 17.7 Å². The topological polar surface area (TPSA) is 30.0 Å². The molecule has 0 saturated heterocycles. The van der Waals surface area contributed by atoms with Gasteiger partial charge in [-0.2, -0.15) is 0 Å². The van der Waals surface area contributed by atoms with Gasteiger partial charge in [-0.3, -0.25) is 4.79 Å². The number of nitrogens with zero attached hydrogens (tertiary/aromatic N) is 1. The van der Waals surface area contributed by atoms with Crippen molar-refractivity contribution in [1.29, 1.82) is 0 Å². The summed E-state index contributed by atoms with van der Waals surface area (Å²) < 4.78 is 0. The van der Waals surface area contributed by atoms with Crippen LogP contribution < -0.4 is 0 Å². The molecular weight excluding hydrogens is 150 g/mol. The summed E-state index contributed by atoms with van der Waals surface area (Å²) in [7, 11) is 0. The van der Waals surface area contributed by atoms with E-state index in [0.717, 1.165) is 11.3 Å². The molecule has 1 aliphatic carbocycles. The van der Waals surface area contributed by atoms with Gasteiger partial charge in [-0.25, -0.2) is 4.98 Å². The van der Waals surface area contributed by atoms with Crippen LogP contribution in [-0.4, -0.2) is 10.8 Å². The number of carbonyl (C=O) groups is 1. The molecule has 1 heterocycles. The van der Waals surface area contributed by atoms with Crippen molar-refractivity contribution >= 4 is 11.9 Å². The third-order valence-electron chi connectivity index (χ3n) is 1.93. The van der Waals surface area contributed by atoms with Crippen LogP contribution in [0, 0.1) is 6.92 Å². The van der Waals surface area contributed by atoms with E-state index in [9.17, 15) is 4.79 Å². The Bertz CT molecular complexity index is 366. The Morgan fingerprint density at radius 3 is 3.08 bits per heavy atom. The Morgan fingerprint density at radius 1 is 1.42 bits per heavy atom. The number of carbonyl (C=O) groups excluding carboxylic acids is 1. The van der Waals surface area contributed by atoms with E-state index in [1.807, 2.05) is 31.2 Å². The molecule has 0 N–H and O–H groups in total. The number of Topliss-reactive ketones (excluding diaryl/α,β-unsaturated/α-hetero) is 1. The Balaban J connectivity index is 2.63. The Kier molecular flexibility index (Phi) is 1.54. The maximum Gasteiger partial charge on any atom is 0.185 e. The molecule has 60 valence electrons. The minimum absolute atomic E-state index is 0.121. The fraction of sp³-hybridized carbons (Fsp3) is 0.200. The van der Waals surface area contributed by atoms with Crippen LogP contribution in [0.2, 0.25) is 0 Å². The summed E-state index contributed by atoms with van der Waals surface area (Å²) in [6.45, 7) is 1.89. The van der Waals surface area contributed by atoms with E-state index in [1.165, 1.54) is 0 Å². The first-order valence-electron chi connectivity index (χ1n) is 3.95. The molecule has 1 aliphatic rings. The van der Waals surface area contributed by atoms with Crippen LogP contribution in [0.15, 0.2) is 18.2 Å².